The largest absolute Gasteiger partial charge is 0.444 e. The highest BCUT2D eigenvalue weighted by Gasteiger charge is 2.44. The third-order valence-corrected chi connectivity index (χ3v) is 9.21. The molecule has 2 aliphatic rings. The van der Waals surface area contributed by atoms with Gasteiger partial charge in [-0.1, -0.05) is 54.0 Å². The van der Waals surface area contributed by atoms with E-state index in [0.29, 0.717) is 25.3 Å². The maximum atomic E-state index is 14.1. The van der Waals surface area contributed by atoms with Crippen molar-refractivity contribution in [1.29, 1.82) is 0 Å². The molecule has 0 saturated carbocycles. The fourth-order valence-electron chi connectivity index (χ4n) is 5.52. The number of fused-ring (bicyclic) bond motifs is 1. The molecule has 12 heteroatoms. The molecule has 0 aliphatic carbocycles. The highest BCUT2D eigenvalue weighted by molar-refractivity contribution is 14.1. The Morgan fingerprint density at radius 2 is 1.84 bits per heavy atom. The Balaban J connectivity index is 1.37. The topological polar surface area (TPSA) is 117 Å². The molecule has 3 amide bonds. The number of imidazole rings is 1. The average Bonchev–Trinajstić information content (AvgIpc) is 3.69. The van der Waals surface area contributed by atoms with E-state index in [-0.39, 0.29) is 18.4 Å². The van der Waals surface area contributed by atoms with Crippen LogP contribution >= 0.6 is 38.5 Å². The number of likely N-dealkylation sites (tertiary alicyclic amines) is 1. The number of ether oxygens (including phenoxy) is 2. The summed E-state index contributed by atoms with van der Waals surface area (Å²) in [6.45, 7) is 10.2. The van der Waals surface area contributed by atoms with Gasteiger partial charge in [0.05, 0.1) is 31.0 Å². The van der Waals surface area contributed by atoms with Crippen molar-refractivity contribution in [2.45, 2.75) is 77.9 Å². The van der Waals surface area contributed by atoms with Crippen molar-refractivity contribution in [3.63, 3.8) is 0 Å². The van der Waals surface area contributed by atoms with Gasteiger partial charge in [0, 0.05) is 21.0 Å². The molecule has 2 aromatic carbocycles. The van der Waals surface area contributed by atoms with E-state index in [1.807, 2.05) is 56.3 Å². The Hall–Kier alpha value is -3.13. The van der Waals surface area contributed by atoms with E-state index in [4.69, 9.17) is 9.47 Å². The van der Waals surface area contributed by atoms with Crippen LogP contribution in [0.5, 0.6) is 0 Å². The second-order valence-electron chi connectivity index (χ2n) is 12.5. The highest BCUT2D eigenvalue weighted by atomic mass is 127. The van der Waals surface area contributed by atoms with Crippen molar-refractivity contribution < 1.29 is 23.9 Å². The Labute approximate surface area is 279 Å². The lowest BCUT2D eigenvalue weighted by molar-refractivity contribution is -0.136. The van der Waals surface area contributed by atoms with E-state index in [0.717, 1.165) is 30.4 Å². The average molecular weight is 778 g/mol. The van der Waals surface area contributed by atoms with Crippen molar-refractivity contribution in [2.75, 3.05) is 6.54 Å². The minimum atomic E-state index is -0.849. The lowest BCUT2D eigenvalue weighted by atomic mass is 10.0. The standard InChI is InChI=1S/C32H37BrIN5O5/c1-18(2)27(37-30(41)44-32(3,4)5)29(40)39-16-22(43-31(42)38-15-20-7-6-8-24(34)23(20)17-38)13-26(39)28-35-14-25(36-28)19-9-11-21(33)12-10-19/h6-12,14,18,22,26-27H,13,15-17H2,1-5H3,(H,35,36)(H,37,41)/t22-,26+,27+/m1/s1. The third-order valence-electron chi connectivity index (χ3n) is 7.67. The second-order valence-corrected chi connectivity index (χ2v) is 14.6. The molecule has 2 aliphatic heterocycles. The van der Waals surface area contributed by atoms with Gasteiger partial charge >= 0.3 is 12.2 Å². The van der Waals surface area contributed by atoms with Crippen LogP contribution in [0.25, 0.3) is 11.3 Å². The van der Waals surface area contributed by atoms with Gasteiger partial charge in [0.2, 0.25) is 5.91 Å². The number of H-pyrrole nitrogens is 1. The Morgan fingerprint density at radius 1 is 1.11 bits per heavy atom. The van der Waals surface area contributed by atoms with E-state index in [9.17, 15) is 14.4 Å². The maximum absolute atomic E-state index is 14.1. The number of carbonyl (C=O) groups excluding carboxylic acids is 3. The molecular formula is C32H37BrIN5O5. The predicted molar refractivity (Wildman–Crippen MR) is 177 cm³/mol. The van der Waals surface area contributed by atoms with Gasteiger partial charge in [-0.05, 0) is 84.2 Å². The van der Waals surface area contributed by atoms with Crippen LogP contribution in [-0.4, -0.2) is 62.2 Å². The Bertz CT molecular complexity index is 1540. The van der Waals surface area contributed by atoms with Gasteiger partial charge in [-0.15, -0.1) is 0 Å². The molecule has 10 nitrogen and oxygen atoms in total. The molecule has 2 N–H and O–H groups in total. The molecule has 3 aromatic rings. The molecule has 1 fully saturated rings. The van der Waals surface area contributed by atoms with Gasteiger partial charge in [-0.25, -0.2) is 14.6 Å². The number of aromatic amines is 1. The van der Waals surface area contributed by atoms with Crippen LogP contribution in [0.15, 0.2) is 53.1 Å². The molecule has 5 rings (SSSR count). The molecule has 1 aromatic heterocycles. The van der Waals surface area contributed by atoms with Crippen molar-refractivity contribution in [1.82, 2.24) is 25.1 Å². The molecule has 3 heterocycles. The summed E-state index contributed by atoms with van der Waals surface area (Å²) in [5.74, 6) is 0.0645. The predicted octanol–water partition coefficient (Wildman–Crippen LogP) is 6.79. The Kier molecular flexibility index (Phi) is 9.59. The van der Waals surface area contributed by atoms with Gasteiger partial charge in [0.1, 0.15) is 23.6 Å². The van der Waals surface area contributed by atoms with E-state index >= 15 is 0 Å². The summed E-state index contributed by atoms with van der Waals surface area (Å²) in [4.78, 5) is 51.5. The van der Waals surface area contributed by atoms with E-state index in [1.165, 1.54) is 0 Å². The molecule has 0 bridgehead atoms. The highest BCUT2D eigenvalue weighted by Crippen LogP contribution is 2.36. The number of rotatable bonds is 6. The van der Waals surface area contributed by atoms with E-state index < -0.39 is 36.0 Å². The van der Waals surface area contributed by atoms with Crippen molar-refractivity contribution in [2.24, 2.45) is 5.92 Å². The quantitative estimate of drug-likeness (QED) is 0.267. The lowest BCUT2D eigenvalue weighted by Gasteiger charge is -2.31. The summed E-state index contributed by atoms with van der Waals surface area (Å²) in [6.07, 6.45) is 0.456. The second kappa shape index (κ2) is 13.1. The monoisotopic (exact) mass is 777 g/mol. The fourth-order valence-corrected chi connectivity index (χ4v) is 6.51. The first-order chi connectivity index (χ1) is 20.8. The van der Waals surface area contributed by atoms with Gasteiger partial charge in [-0.2, -0.15) is 0 Å². The summed E-state index contributed by atoms with van der Waals surface area (Å²) >= 11 is 5.76. The van der Waals surface area contributed by atoms with Crippen molar-refractivity contribution >= 4 is 56.6 Å². The number of hydrogen-bond acceptors (Lipinski definition) is 6. The third kappa shape index (κ3) is 7.39. The van der Waals surface area contributed by atoms with Crippen LogP contribution in [0.3, 0.4) is 0 Å². The van der Waals surface area contributed by atoms with E-state index in [1.54, 1.807) is 36.8 Å². The first-order valence-corrected chi connectivity index (χ1v) is 16.5. The molecule has 1 saturated heterocycles. The number of halogens is 2. The first-order valence-electron chi connectivity index (χ1n) is 14.6. The molecule has 0 unspecified atom stereocenters. The number of nitrogens with one attached hydrogen (secondary N) is 2. The van der Waals surface area contributed by atoms with E-state index in [2.05, 4.69) is 53.8 Å². The SMILES string of the molecule is CC(C)[C@H](NC(=O)OC(C)(C)C)C(=O)N1C[C@H](OC(=O)N2Cc3cccc(I)c3C2)C[C@H]1c1ncc(-c2ccc(Br)cc2)[nH]1. The Morgan fingerprint density at radius 3 is 2.50 bits per heavy atom. The zero-order chi connectivity index (χ0) is 31.8. The lowest BCUT2D eigenvalue weighted by Crippen LogP contribution is -2.52. The van der Waals surface area contributed by atoms with Crippen molar-refractivity contribution in [3.05, 3.63) is 73.7 Å². The summed E-state index contributed by atoms with van der Waals surface area (Å²) in [7, 11) is 0. The van der Waals surface area contributed by atoms with Crippen LogP contribution in [0.2, 0.25) is 0 Å². The maximum Gasteiger partial charge on any atom is 0.410 e. The smallest absolute Gasteiger partial charge is 0.410 e. The molecule has 0 spiro atoms. The molecule has 44 heavy (non-hydrogen) atoms. The first kappa shape index (κ1) is 32.3. The minimum Gasteiger partial charge on any atom is -0.444 e. The molecule has 0 radical (unpaired) electrons. The van der Waals surface area contributed by atoms with Gasteiger partial charge < -0.3 is 24.7 Å². The summed E-state index contributed by atoms with van der Waals surface area (Å²) in [6, 6.07) is 12.5. The number of hydrogen-bond donors (Lipinski definition) is 2. The minimum absolute atomic E-state index is 0.168. The molecule has 234 valence electrons. The fraction of sp³-hybridized carbons (Fsp3) is 0.438. The van der Waals surface area contributed by atoms with Crippen molar-refractivity contribution in [3.8, 4) is 11.3 Å². The number of carbonyl (C=O) groups is 3. The zero-order valence-electron chi connectivity index (χ0n) is 25.4. The number of nitrogens with zero attached hydrogens (tertiary/aromatic N) is 3. The van der Waals surface area contributed by atoms with Crippen LogP contribution in [0, 0.1) is 9.49 Å². The number of benzene rings is 2. The number of aromatic nitrogens is 2. The van der Waals surface area contributed by atoms with Gasteiger partial charge in [0.25, 0.3) is 0 Å². The summed E-state index contributed by atoms with van der Waals surface area (Å²) in [5, 5.41) is 2.77. The van der Waals surface area contributed by atoms with Crippen LogP contribution in [0.4, 0.5) is 9.59 Å². The summed E-state index contributed by atoms with van der Waals surface area (Å²) < 4.78 is 13.6. The number of alkyl carbamates (subject to hydrolysis) is 1. The van der Waals surface area contributed by atoms with Crippen LogP contribution < -0.4 is 5.32 Å². The summed E-state index contributed by atoms with van der Waals surface area (Å²) in [5.41, 5.74) is 3.28. The molecule has 3 atom stereocenters. The van der Waals surface area contributed by atoms with Gasteiger partial charge in [-0.3, -0.25) is 9.69 Å². The normalized spacial score (nSPS) is 18.7. The van der Waals surface area contributed by atoms with Gasteiger partial charge in [0.15, 0.2) is 0 Å². The molecular weight excluding hydrogens is 741 g/mol. The van der Waals surface area contributed by atoms with Crippen LogP contribution in [-0.2, 0) is 27.4 Å². The zero-order valence-corrected chi connectivity index (χ0v) is 29.1. The number of amides is 3. The van der Waals surface area contributed by atoms with Crippen LogP contribution in [0.1, 0.15) is 64.0 Å².